The number of carbonyl (C=O) groups excluding carboxylic acids is 2. The lowest BCUT2D eigenvalue weighted by molar-refractivity contribution is 0.0600. The van der Waals surface area contributed by atoms with Crippen molar-refractivity contribution in [3.63, 3.8) is 0 Å². The molecule has 1 N–H and O–H groups in total. The summed E-state index contributed by atoms with van der Waals surface area (Å²) in [5.74, 6) is -0.927. The second-order valence-electron chi connectivity index (χ2n) is 5.26. The van der Waals surface area contributed by atoms with Gasteiger partial charge in [-0.2, -0.15) is 0 Å². The van der Waals surface area contributed by atoms with Crippen LogP contribution in [0.4, 0.5) is 5.69 Å². The molecule has 0 aliphatic heterocycles. The van der Waals surface area contributed by atoms with Gasteiger partial charge in [0.25, 0.3) is 5.91 Å². The number of nitrogens with zero attached hydrogens (tertiary/aromatic N) is 2. The van der Waals surface area contributed by atoms with Gasteiger partial charge in [0.15, 0.2) is 0 Å². The van der Waals surface area contributed by atoms with Gasteiger partial charge in [0.1, 0.15) is 11.3 Å². The van der Waals surface area contributed by atoms with E-state index in [1.54, 1.807) is 29.7 Å². The fourth-order valence-electron chi connectivity index (χ4n) is 2.46. The van der Waals surface area contributed by atoms with Crippen molar-refractivity contribution in [1.82, 2.24) is 9.38 Å². The summed E-state index contributed by atoms with van der Waals surface area (Å²) in [5.41, 5.74) is 2.04. The number of methoxy groups -OCH3 is 1. The molecule has 0 unspecified atom stereocenters. The third-order valence-corrected chi connectivity index (χ3v) is 4.18. The summed E-state index contributed by atoms with van der Waals surface area (Å²) < 4.78 is 6.31. The first-order chi connectivity index (χ1) is 11.9. The number of anilines is 1. The van der Waals surface area contributed by atoms with Gasteiger partial charge in [-0.05, 0) is 31.2 Å². The van der Waals surface area contributed by atoms with E-state index in [1.165, 1.54) is 25.3 Å². The van der Waals surface area contributed by atoms with Crippen LogP contribution in [0.15, 0.2) is 36.5 Å². The molecule has 1 aromatic carbocycles. The first-order valence-corrected chi connectivity index (χ1v) is 7.99. The minimum absolute atomic E-state index is 0.281. The fourth-order valence-corrected chi connectivity index (χ4v) is 2.78. The van der Waals surface area contributed by atoms with Gasteiger partial charge in [0.2, 0.25) is 0 Å². The van der Waals surface area contributed by atoms with Crippen molar-refractivity contribution in [1.29, 1.82) is 0 Å². The van der Waals surface area contributed by atoms with Crippen molar-refractivity contribution in [2.45, 2.75) is 6.92 Å². The monoisotopic (exact) mass is 377 g/mol. The highest BCUT2D eigenvalue weighted by atomic mass is 35.5. The lowest BCUT2D eigenvalue weighted by atomic mass is 10.2. The maximum Gasteiger partial charge on any atom is 0.337 e. The minimum atomic E-state index is -0.521. The van der Waals surface area contributed by atoms with Crippen molar-refractivity contribution >= 4 is 46.4 Å². The molecule has 8 heteroatoms. The lowest BCUT2D eigenvalue weighted by Crippen LogP contribution is -2.16. The topological polar surface area (TPSA) is 72.7 Å². The van der Waals surface area contributed by atoms with E-state index >= 15 is 0 Å². The molecule has 0 radical (unpaired) electrons. The zero-order chi connectivity index (χ0) is 18.1. The molecule has 0 atom stereocenters. The number of imidazole rings is 1. The highest BCUT2D eigenvalue weighted by molar-refractivity contribution is 6.34. The molecule has 0 saturated carbocycles. The Morgan fingerprint density at radius 3 is 2.68 bits per heavy atom. The number of halogens is 2. The van der Waals surface area contributed by atoms with Crippen molar-refractivity contribution in [2.75, 3.05) is 12.4 Å². The number of nitrogens with one attached hydrogen (secondary N) is 1. The Morgan fingerprint density at radius 1 is 1.20 bits per heavy atom. The maximum absolute atomic E-state index is 12.7. The number of benzene rings is 1. The zero-order valence-corrected chi connectivity index (χ0v) is 14.9. The van der Waals surface area contributed by atoms with Crippen LogP contribution >= 0.6 is 23.2 Å². The van der Waals surface area contributed by atoms with Gasteiger partial charge in [-0.1, -0.05) is 23.2 Å². The average molecular weight is 378 g/mol. The molecule has 0 fully saturated rings. The molecule has 0 aliphatic rings. The maximum atomic E-state index is 12.7. The number of aryl methyl sites for hydroxylation is 1. The fraction of sp³-hybridized carbons (Fsp3) is 0.118. The Kier molecular flexibility index (Phi) is 4.65. The van der Waals surface area contributed by atoms with Gasteiger partial charge in [-0.15, -0.1) is 0 Å². The highest BCUT2D eigenvalue weighted by Crippen LogP contribution is 2.25. The molecule has 0 bridgehead atoms. The van der Waals surface area contributed by atoms with E-state index in [2.05, 4.69) is 15.0 Å². The van der Waals surface area contributed by atoms with Crippen LogP contribution < -0.4 is 5.32 Å². The number of fused-ring (bicyclic) bond motifs is 1. The number of pyridine rings is 1. The largest absolute Gasteiger partial charge is 0.465 e. The van der Waals surface area contributed by atoms with Crippen LogP contribution in [0.25, 0.3) is 5.65 Å². The summed E-state index contributed by atoms with van der Waals surface area (Å²) >= 11 is 12.1. The summed E-state index contributed by atoms with van der Waals surface area (Å²) in [6.45, 7) is 1.72. The van der Waals surface area contributed by atoms with Gasteiger partial charge < -0.3 is 10.1 Å². The van der Waals surface area contributed by atoms with Crippen molar-refractivity contribution in [3.05, 3.63) is 63.5 Å². The molecule has 2 aromatic heterocycles. The Labute approximate surface area is 153 Å². The van der Waals surface area contributed by atoms with Crippen molar-refractivity contribution < 1.29 is 14.3 Å². The summed E-state index contributed by atoms with van der Waals surface area (Å²) in [7, 11) is 1.28. The smallest absolute Gasteiger partial charge is 0.337 e. The summed E-state index contributed by atoms with van der Waals surface area (Å²) in [6, 6.07) is 7.82. The van der Waals surface area contributed by atoms with E-state index in [0.29, 0.717) is 32.8 Å². The number of aromatic nitrogens is 2. The summed E-state index contributed by atoms with van der Waals surface area (Å²) in [5, 5.41) is 3.53. The van der Waals surface area contributed by atoms with Crippen LogP contribution in [-0.2, 0) is 4.74 Å². The van der Waals surface area contributed by atoms with Crippen LogP contribution in [0.1, 0.15) is 26.5 Å². The van der Waals surface area contributed by atoms with Gasteiger partial charge in [0.05, 0.1) is 29.1 Å². The Morgan fingerprint density at radius 2 is 1.96 bits per heavy atom. The predicted octanol–water partition coefficient (Wildman–Crippen LogP) is 3.99. The quantitative estimate of drug-likeness (QED) is 0.700. The summed E-state index contributed by atoms with van der Waals surface area (Å²) in [4.78, 5) is 28.7. The van der Waals surface area contributed by atoms with E-state index in [1.807, 2.05) is 0 Å². The van der Waals surface area contributed by atoms with Crippen molar-refractivity contribution in [3.8, 4) is 0 Å². The van der Waals surface area contributed by atoms with Crippen LogP contribution in [0, 0.1) is 6.92 Å². The Balaban J connectivity index is 1.98. The van der Waals surface area contributed by atoms with E-state index < -0.39 is 11.9 Å². The molecule has 0 aliphatic carbocycles. The normalized spacial score (nSPS) is 10.7. The molecule has 0 spiro atoms. The van der Waals surface area contributed by atoms with E-state index in [0.717, 1.165) is 0 Å². The van der Waals surface area contributed by atoms with Crippen LogP contribution in [0.3, 0.4) is 0 Å². The molecule has 25 heavy (non-hydrogen) atoms. The molecule has 6 nitrogen and oxygen atoms in total. The van der Waals surface area contributed by atoms with Crippen molar-refractivity contribution in [2.24, 2.45) is 0 Å². The molecular formula is C17H13Cl2N3O3. The number of ether oxygens (including phenoxy) is 1. The second-order valence-corrected chi connectivity index (χ2v) is 6.10. The molecule has 0 saturated heterocycles. The lowest BCUT2D eigenvalue weighted by Gasteiger charge is -2.09. The van der Waals surface area contributed by atoms with Gasteiger partial charge >= 0.3 is 5.97 Å². The second kappa shape index (κ2) is 6.74. The molecule has 1 amide bonds. The van der Waals surface area contributed by atoms with Gasteiger partial charge in [-0.25, -0.2) is 9.78 Å². The van der Waals surface area contributed by atoms with Crippen LogP contribution in [0.5, 0.6) is 0 Å². The number of carbonyl (C=O) groups is 2. The number of hydrogen-bond donors (Lipinski definition) is 1. The standard InChI is InChI=1S/C17H13Cl2N3O3/c1-9-15(22-6-5-11(18)8-14(22)20-9)16(23)21-13-7-10(17(24)25-2)3-4-12(13)19/h3-8H,1-2H3,(H,21,23). The Bertz CT molecular complexity index is 998. The molecule has 3 aromatic rings. The first-order valence-electron chi connectivity index (χ1n) is 7.24. The number of hydrogen-bond acceptors (Lipinski definition) is 4. The van der Waals surface area contributed by atoms with E-state index in [4.69, 9.17) is 23.2 Å². The number of rotatable bonds is 3. The third-order valence-electron chi connectivity index (χ3n) is 3.61. The highest BCUT2D eigenvalue weighted by Gasteiger charge is 2.18. The van der Waals surface area contributed by atoms with Crippen LogP contribution in [0.2, 0.25) is 10.0 Å². The Hall–Kier alpha value is -2.57. The summed E-state index contributed by atoms with van der Waals surface area (Å²) in [6.07, 6.45) is 1.67. The number of amides is 1. The SMILES string of the molecule is COC(=O)c1ccc(Cl)c(NC(=O)c2c(C)nc3cc(Cl)ccn23)c1. The van der Waals surface area contributed by atoms with E-state index in [-0.39, 0.29) is 5.56 Å². The van der Waals surface area contributed by atoms with E-state index in [9.17, 15) is 9.59 Å². The predicted molar refractivity (Wildman–Crippen MR) is 95.7 cm³/mol. The zero-order valence-electron chi connectivity index (χ0n) is 13.3. The third kappa shape index (κ3) is 3.31. The minimum Gasteiger partial charge on any atom is -0.465 e. The molecule has 2 heterocycles. The van der Waals surface area contributed by atoms with Gasteiger partial charge in [0, 0.05) is 17.3 Å². The molecular weight excluding hydrogens is 365 g/mol. The van der Waals surface area contributed by atoms with Crippen LogP contribution in [-0.4, -0.2) is 28.4 Å². The number of esters is 1. The molecule has 3 rings (SSSR count). The molecule has 128 valence electrons. The first kappa shape index (κ1) is 17.3. The average Bonchev–Trinajstić information content (AvgIpc) is 2.90. The van der Waals surface area contributed by atoms with Gasteiger partial charge in [-0.3, -0.25) is 9.20 Å².